The Balaban J connectivity index is 1.95. The molecule has 0 saturated carbocycles. The number of amides is 1. The van der Waals surface area contributed by atoms with Gasteiger partial charge in [-0.05, 0) is 31.0 Å². The number of benzene rings is 1. The third-order valence-corrected chi connectivity index (χ3v) is 2.98. The minimum Gasteiger partial charge on any atom is -0.482 e. The first-order valence-corrected chi connectivity index (χ1v) is 6.38. The number of carboxylic acid groups (broad SMARTS) is 1. The van der Waals surface area contributed by atoms with E-state index in [1.165, 1.54) is 0 Å². The standard InChI is InChI=1S/C14H15NO5/c16-11(3-1-2-4-14(18)19)9-5-6-12-10(7-9)15-13(17)8-20-12/h5-7H,1-4,8H2,(H,15,17)(H,18,19). The topological polar surface area (TPSA) is 92.7 Å². The summed E-state index contributed by atoms with van der Waals surface area (Å²) in [5.74, 6) is -0.625. The maximum Gasteiger partial charge on any atom is 0.303 e. The van der Waals surface area contributed by atoms with E-state index in [-0.39, 0.29) is 24.7 Å². The van der Waals surface area contributed by atoms with Crippen LogP contribution in [0.25, 0.3) is 0 Å². The third kappa shape index (κ3) is 3.57. The summed E-state index contributed by atoms with van der Waals surface area (Å²) in [6.07, 6.45) is 1.37. The lowest BCUT2D eigenvalue weighted by Crippen LogP contribution is -2.25. The second kappa shape index (κ2) is 6.18. The van der Waals surface area contributed by atoms with E-state index in [9.17, 15) is 14.4 Å². The molecular weight excluding hydrogens is 262 g/mol. The van der Waals surface area contributed by atoms with Gasteiger partial charge in [0.05, 0.1) is 5.69 Å². The molecule has 6 heteroatoms. The first-order chi connectivity index (χ1) is 9.56. The van der Waals surface area contributed by atoms with Crippen LogP contribution in [0.4, 0.5) is 5.69 Å². The number of anilines is 1. The lowest BCUT2D eigenvalue weighted by Gasteiger charge is -2.18. The second-order valence-corrected chi connectivity index (χ2v) is 4.57. The molecule has 0 aliphatic carbocycles. The van der Waals surface area contributed by atoms with Gasteiger partial charge in [0.15, 0.2) is 12.4 Å². The Morgan fingerprint density at radius 3 is 2.75 bits per heavy atom. The molecule has 1 aliphatic heterocycles. The van der Waals surface area contributed by atoms with Crippen molar-refractivity contribution in [2.45, 2.75) is 25.7 Å². The van der Waals surface area contributed by atoms with Crippen LogP contribution in [0, 0.1) is 0 Å². The predicted octanol–water partition coefficient (Wildman–Crippen LogP) is 1.85. The quantitative estimate of drug-likeness (QED) is 0.611. The number of carbonyl (C=O) groups excluding carboxylic acids is 2. The Morgan fingerprint density at radius 1 is 1.25 bits per heavy atom. The summed E-state index contributed by atoms with van der Waals surface area (Å²) in [7, 11) is 0. The molecule has 0 aromatic heterocycles. The molecular formula is C14H15NO5. The van der Waals surface area contributed by atoms with E-state index in [1.807, 2.05) is 0 Å². The highest BCUT2D eigenvalue weighted by molar-refractivity contribution is 6.00. The number of unbranched alkanes of at least 4 members (excludes halogenated alkanes) is 1. The van der Waals surface area contributed by atoms with E-state index in [2.05, 4.69) is 5.32 Å². The normalized spacial score (nSPS) is 13.1. The van der Waals surface area contributed by atoms with Crippen LogP contribution < -0.4 is 10.1 Å². The van der Waals surface area contributed by atoms with Crippen molar-refractivity contribution < 1.29 is 24.2 Å². The van der Waals surface area contributed by atoms with E-state index in [0.717, 1.165) is 0 Å². The SMILES string of the molecule is O=C(O)CCCCC(=O)c1ccc2c(c1)NC(=O)CO2. The first-order valence-electron chi connectivity index (χ1n) is 6.38. The van der Waals surface area contributed by atoms with Gasteiger partial charge in [-0.15, -0.1) is 0 Å². The second-order valence-electron chi connectivity index (χ2n) is 4.57. The van der Waals surface area contributed by atoms with Gasteiger partial charge in [0, 0.05) is 18.4 Å². The van der Waals surface area contributed by atoms with Crippen LogP contribution in [-0.2, 0) is 9.59 Å². The van der Waals surface area contributed by atoms with Crippen molar-refractivity contribution in [2.24, 2.45) is 0 Å². The number of hydrogen-bond acceptors (Lipinski definition) is 4. The summed E-state index contributed by atoms with van der Waals surface area (Å²) in [6.45, 7) is -0.0184. The highest BCUT2D eigenvalue weighted by atomic mass is 16.5. The number of ether oxygens (including phenoxy) is 1. The van der Waals surface area contributed by atoms with Crippen LogP contribution in [0.2, 0.25) is 0 Å². The number of hydrogen-bond donors (Lipinski definition) is 2. The van der Waals surface area contributed by atoms with Crippen molar-refractivity contribution >= 4 is 23.3 Å². The molecule has 6 nitrogen and oxygen atoms in total. The molecule has 1 amide bonds. The van der Waals surface area contributed by atoms with Gasteiger partial charge in [0.25, 0.3) is 5.91 Å². The number of ketones is 1. The molecule has 0 atom stereocenters. The molecule has 1 aromatic carbocycles. The lowest BCUT2D eigenvalue weighted by molar-refractivity contribution is -0.137. The molecule has 2 N–H and O–H groups in total. The number of nitrogens with one attached hydrogen (secondary N) is 1. The number of fused-ring (bicyclic) bond motifs is 1. The van der Waals surface area contributed by atoms with Gasteiger partial charge in [0.2, 0.25) is 0 Å². The zero-order chi connectivity index (χ0) is 14.5. The van der Waals surface area contributed by atoms with Crippen LogP contribution >= 0.6 is 0 Å². The van der Waals surface area contributed by atoms with Crippen molar-refractivity contribution in [1.82, 2.24) is 0 Å². The Labute approximate surface area is 115 Å². The van der Waals surface area contributed by atoms with E-state index >= 15 is 0 Å². The number of aliphatic carboxylic acids is 1. The molecule has 0 spiro atoms. The lowest BCUT2D eigenvalue weighted by atomic mass is 10.0. The van der Waals surface area contributed by atoms with Crippen LogP contribution in [0.1, 0.15) is 36.0 Å². The fourth-order valence-corrected chi connectivity index (χ4v) is 1.96. The molecule has 0 saturated heterocycles. The molecule has 20 heavy (non-hydrogen) atoms. The fourth-order valence-electron chi connectivity index (χ4n) is 1.96. The Bertz CT molecular complexity index is 552. The molecule has 0 bridgehead atoms. The summed E-state index contributed by atoms with van der Waals surface area (Å²) < 4.78 is 5.21. The summed E-state index contributed by atoms with van der Waals surface area (Å²) in [4.78, 5) is 33.5. The number of carboxylic acids is 1. The maximum atomic E-state index is 12.0. The highest BCUT2D eigenvalue weighted by Crippen LogP contribution is 2.29. The van der Waals surface area contributed by atoms with Crippen LogP contribution in [0.15, 0.2) is 18.2 Å². The molecule has 0 fully saturated rings. The van der Waals surface area contributed by atoms with Gasteiger partial charge in [-0.2, -0.15) is 0 Å². The average molecular weight is 277 g/mol. The average Bonchev–Trinajstić information content (AvgIpc) is 2.42. The van der Waals surface area contributed by atoms with Gasteiger partial charge in [-0.25, -0.2) is 0 Å². The van der Waals surface area contributed by atoms with Gasteiger partial charge >= 0.3 is 5.97 Å². The number of Topliss-reactive ketones (excluding diaryl/α,β-unsaturated/α-hetero) is 1. The van der Waals surface area contributed by atoms with E-state index in [1.54, 1.807) is 18.2 Å². The van der Waals surface area contributed by atoms with Gasteiger partial charge in [-0.3, -0.25) is 14.4 Å². The largest absolute Gasteiger partial charge is 0.482 e. The summed E-state index contributed by atoms with van der Waals surface area (Å²) in [5, 5.41) is 11.2. The zero-order valence-electron chi connectivity index (χ0n) is 10.8. The minimum absolute atomic E-state index is 0.0184. The van der Waals surface area contributed by atoms with Crippen molar-refractivity contribution in [2.75, 3.05) is 11.9 Å². The van der Waals surface area contributed by atoms with Crippen LogP contribution in [0.5, 0.6) is 5.75 Å². The highest BCUT2D eigenvalue weighted by Gasteiger charge is 2.17. The third-order valence-electron chi connectivity index (χ3n) is 2.98. The molecule has 1 heterocycles. The van der Waals surface area contributed by atoms with Crippen molar-refractivity contribution in [3.05, 3.63) is 23.8 Å². The predicted molar refractivity (Wildman–Crippen MR) is 71.0 cm³/mol. The van der Waals surface area contributed by atoms with Gasteiger partial charge < -0.3 is 15.2 Å². The summed E-state index contributed by atoms with van der Waals surface area (Å²) in [6, 6.07) is 4.89. The molecule has 106 valence electrons. The van der Waals surface area contributed by atoms with Crippen LogP contribution in [0.3, 0.4) is 0 Å². The molecule has 1 aromatic rings. The Hall–Kier alpha value is -2.37. The summed E-state index contributed by atoms with van der Waals surface area (Å²) >= 11 is 0. The van der Waals surface area contributed by atoms with Crippen molar-refractivity contribution in [3.8, 4) is 5.75 Å². The van der Waals surface area contributed by atoms with E-state index in [4.69, 9.17) is 9.84 Å². The minimum atomic E-state index is -0.855. The van der Waals surface area contributed by atoms with Gasteiger partial charge in [0.1, 0.15) is 5.75 Å². The first kappa shape index (κ1) is 14.0. The molecule has 0 unspecified atom stereocenters. The van der Waals surface area contributed by atoms with E-state index < -0.39 is 5.97 Å². The summed E-state index contributed by atoms with van der Waals surface area (Å²) in [5.41, 5.74) is 0.988. The number of rotatable bonds is 6. The molecule has 1 aliphatic rings. The van der Waals surface area contributed by atoms with Crippen molar-refractivity contribution in [1.29, 1.82) is 0 Å². The molecule has 0 radical (unpaired) electrons. The van der Waals surface area contributed by atoms with E-state index in [0.29, 0.717) is 36.3 Å². The fraction of sp³-hybridized carbons (Fsp3) is 0.357. The molecule has 2 rings (SSSR count). The van der Waals surface area contributed by atoms with Crippen molar-refractivity contribution in [3.63, 3.8) is 0 Å². The number of carbonyl (C=O) groups is 3. The Morgan fingerprint density at radius 2 is 2.00 bits per heavy atom. The maximum absolute atomic E-state index is 12.0. The zero-order valence-corrected chi connectivity index (χ0v) is 10.8. The Kier molecular flexibility index (Phi) is 4.34. The van der Waals surface area contributed by atoms with Gasteiger partial charge in [-0.1, -0.05) is 0 Å². The monoisotopic (exact) mass is 277 g/mol. The smallest absolute Gasteiger partial charge is 0.303 e. The van der Waals surface area contributed by atoms with Crippen LogP contribution in [-0.4, -0.2) is 29.4 Å².